The van der Waals surface area contributed by atoms with E-state index in [0.29, 0.717) is 12.3 Å². The number of carbonyl (C=O) groups is 1. The summed E-state index contributed by atoms with van der Waals surface area (Å²) >= 11 is 7.44. The Hall–Kier alpha value is -0.540. The molecule has 18 heavy (non-hydrogen) atoms. The Bertz CT molecular complexity index is 398. The van der Waals surface area contributed by atoms with Gasteiger partial charge in [-0.2, -0.15) is 0 Å². The predicted octanol–water partition coefficient (Wildman–Crippen LogP) is 4.55. The van der Waals surface area contributed by atoms with Gasteiger partial charge < -0.3 is 5.32 Å². The Kier molecular flexibility index (Phi) is 5.07. The van der Waals surface area contributed by atoms with Crippen LogP contribution in [0.15, 0.2) is 12.1 Å². The van der Waals surface area contributed by atoms with Crippen LogP contribution >= 0.6 is 22.9 Å². The zero-order chi connectivity index (χ0) is 13.0. The topological polar surface area (TPSA) is 29.1 Å². The van der Waals surface area contributed by atoms with Crippen molar-refractivity contribution in [1.29, 1.82) is 0 Å². The molecule has 0 aliphatic heterocycles. The summed E-state index contributed by atoms with van der Waals surface area (Å²) < 4.78 is 0.776. The van der Waals surface area contributed by atoms with Gasteiger partial charge in [-0.3, -0.25) is 4.79 Å². The minimum Gasteiger partial charge on any atom is -0.349 e. The molecule has 1 unspecified atom stereocenters. The summed E-state index contributed by atoms with van der Waals surface area (Å²) in [6, 6.07) is 3.93. The molecule has 1 aliphatic rings. The first-order valence-electron chi connectivity index (χ1n) is 6.70. The molecule has 4 heteroatoms. The third-order valence-corrected chi connectivity index (χ3v) is 5.01. The van der Waals surface area contributed by atoms with E-state index in [2.05, 4.69) is 5.32 Å². The molecular weight excluding hydrogens is 266 g/mol. The average Bonchev–Trinajstić information content (AvgIpc) is 2.77. The van der Waals surface area contributed by atoms with E-state index in [4.69, 9.17) is 11.6 Å². The number of nitrogens with one attached hydrogen (secondary N) is 1. The maximum atomic E-state index is 12.0. The molecule has 1 aromatic heterocycles. The average molecular weight is 286 g/mol. The molecule has 100 valence electrons. The lowest BCUT2D eigenvalue weighted by molar-refractivity contribution is -0.122. The van der Waals surface area contributed by atoms with Gasteiger partial charge in [-0.05, 0) is 37.8 Å². The van der Waals surface area contributed by atoms with Gasteiger partial charge in [-0.15, -0.1) is 11.3 Å². The molecule has 1 N–H and O–H groups in total. The number of rotatable bonds is 4. The predicted molar refractivity (Wildman–Crippen MR) is 77.1 cm³/mol. The number of halogens is 1. The van der Waals surface area contributed by atoms with Gasteiger partial charge in [0, 0.05) is 11.3 Å². The third kappa shape index (κ3) is 3.99. The van der Waals surface area contributed by atoms with Crippen LogP contribution in [0.5, 0.6) is 0 Å². The first-order valence-corrected chi connectivity index (χ1v) is 7.89. The summed E-state index contributed by atoms with van der Waals surface area (Å²) in [5.41, 5.74) is 0. The standard InChI is InChI=1S/C14H20ClNOS/c1-10(12-7-8-13(15)18-12)16-14(17)9-11-5-3-2-4-6-11/h7-8,10-11H,2-6,9H2,1H3,(H,16,17). The van der Waals surface area contributed by atoms with Crippen LogP contribution in [0.4, 0.5) is 0 Å². The fraction of sp³-hybridized carbons (Fsp3) is 0.643. The van der Waals surface area contributed by atoms with E-state index < -0.39 is 0 Å². The molecule has 1 aromatic rings. The normalized spacial score (nSPS) is 18.6. The Morgan fingerprint density at radius 1 is 1.44 bits per heavy atom. The number of amides is 1. The zero-order valence-electron chi connectivity index (χ0n) is 10.7. The third-order valence-electron chi connectivity index (χ3n) is 3.60. The van der Waals surface area contributed by atoms with Crippen LogP contribution in [0.3, 0.4) is 0 Å². The summed E-state index contributed by atoms with van der Waals surface area (Å²) in [6.07, 6.45) is 7.02. The van der Waals surface area contributed by atoms with Crippen molar-refractivity contribution in [1.82, 2.24) is 5.32 Å². The minimum absolute atomic E-state index is 0.0681. The molecule has 2 rings (SSSR count). The second-order valence-corrected chi connectivity index (χ2v) is 6.89. The molecule has 0 bridgehead atoms. The van der Waals surface area contributed by atoms with Crippen LogP contribution < -0.4 is 5.32 Å². The lowest BCUT2D eigenvalue weighted by atomic mass is 9.87. The van der Waals surface area contributed by atoms with Gasteiger partial charge in [-0.1, -0.05) is 30.9 Å². The Balaban J connectivity index is 1.79. The van der Waals surface area contributed by atoms with Crippen molar-refractivity contribution in [2.45, 2.75) is 51.5 Å². The van der Waals surface area contributed by atoms with E-state index in [-0.39, 0.29) is 11.9 Å². The van der Waals surface area contributed by atoms with Crippen molar-refractivity contribution in [2.75, 3.05) is 0 Å². The molecule has 1 atom stereocenters. The summed E-state index contributed by atoms with van der Waals surface area (Å²) in [4.78, 5) is 13.1. The molecule has 0 radical (unpaired) electrons. The lowest BCUT2D eigenvalue weighted by Crippen LogP contribution is -2.28. The van der Waals surface area contributed by atoms with E-state index in [1.165, 1.54) is 43.4 Å². The van der Waals surface area contributed by atoms with Crippen molar-refractivity contribution >= 4 is 28.8 Å². The van der Waals surface area contributed by atoms with Gasteiger partial charge in [0.2, 0.25) is 5.91 Å². The maximum absolute atomic E-state index is 12.0. The number of hydrogen-bond donors (Lipinski definition) is 1. The second kappa shape index (κ2) is 6.58. The molecule has 1 aliphatic carbocycles. The van der Waals surface area contributed by atoms with Crippen LogP contribution in [0.25, 0.3) is 0 Å². The summed E-state index contributed by atoms with van der Waals surface area (Å²) in [7, 11) is 0. The SMILES string of the molecule is CC(NC(=O)CC1CCCCC1)c1ccc(Cl)s1. The van der Waals surface area contributed by atoms with Gasteiger partial charge in [0.25, 0.3) is 0 Å². The van der Waals surface area contributed by atoms with Gasteiger partial charge in [-0.25, -0.2) is 0 Å². The van der Waals surface area contributed by atoms with E-state index in [1.807, 2.05) is 19.1 Å². The van der Waals surface area contributed by atoms with Crippen molar-refractivity contribution in [3.8, 4) is 0 Å². The van der Waals surface area contributed by atoms with Gasteiger partial charge >= 0.3 is 0 Å². The molecule has 1 heterocycles. The van der Waals surface area contributed by atoms with E-state index in [1.54, 1.807) is 0 Å². The second-order valence-electron chi connectivity index (χ2n) is 5.14. The van der Waals surface area contributed by atoms with Gasteiger partial charge in [0.05, 0.1) is 10.4 Å². The molecule has 1 amide bonds. The summed E-state index contributed by atoms with van der Waals surface area (Å²) in [5, 5.41) is 3.07. The molecular formula is C14H20ClNOS. The van der Waals surface area contributed by atoms with Crippen molar-refractivity contribution < 1.29 is 4.79 Å². The Morgan fingerprint density at radius 2 is 2.17 bits per heavy atom. The Labute approximate surface area is 118 Å². The highest BCUT2D eigenvalue weighted by molar-refractivity contribution is 7.16. The highest BCUT2D eigenvalue weighted by Crippen LogP contribution is 2.28. The van der Waals surface area contributed by atoms with Crippen LogP contribution in [-0.2, 0) is 4.79 Å². The van der Waals surface area contributed by atoms with Crippen molar-refractivity contribution in [3.05, 3.63) is 21.3 Å². The maximum Gasteiger partial charge on any atom is 0.220 e. The molecule has 0 saturated heterocycles. The largest absolute Gasteiger partial charge is 0.349 e. The number of hydrogen-bond acceptors (Lipinski definition) is 2. The minimum atomic E-state index is 0.0681. The van der Waals surface area contributed by atoms with Crippen LogP contribution in [-0.4, -0.2) is 5.91 Å². The van der Waals surface area contributed by atoms with Crippen LogP contribution in [0.1, 0.15) is 56.4 Å². The smallest absolute Gasteiger partial charge is 0.220 e. The molecule has 2 nitrogen and oxygen atoms in total. The molecule has 1 fully saturated rings. The lowest BCUT2D eigenvalue weighted by Gasteiger charge is -2.21. The van der Waals surface area contributed by atoms with E-state index in [9.17, 15) is 4.79 Å². The highest BCUT2D eigenvalue weighted by atomic mass is 35.5. The molecule has 0 spiro atoms. The fourth-order valence-electron chi connectivity index (χ4n) is 2.59. The van der Waals surface area contributed by atoms with Gasteiger partial charge in [0.15, 0.2) is 0 Å². The van der Waals surface area contributed by atoms with Crippen molar-refractivity contribution in [3.63, 3.8) is 0 Å². The monoisotopic (exact) mass is 285 g/mol. The van der Waals surface area contributed by atoms with E-state index >= 15 is 0 Å². The highest BCUT2D eigenvalue weighted by Gasteiger charge is 2.18. The number of thiophene rings is 1. The molecule has 0 aromatic carbocycles. The quantitative estimate of drug-likeness (QED) is 0.864. The van der Waals surface area contributed by atoms with Crippen molar-refractivity contribution in [2.24, 2.45) is 5.92 Å². The molecule has 1 saturated carbocycles. The first-order chi connectivity index (χ1) is 8.65. The zero-order valence-corrected chi connectivity index (χ0v) is 12.3. The number of carbonyl (C=O) groups excluding carboxylic acids is 1. The van der Waals surface area contributed by atoms with Gasteiger partial charge in [0.1, 0.15) is 0 Å². The van der Waals surface area contributed by atoms with Crippen LogP contribution in [0.2, 0.25) is 4.34 Å². The Morgan fingerprint density at radius 3 is 2.78 bits per heavy atom. The first kappa shape index (κ1) is 13.9. The van der Waals surface area contributed by atoms with Crippen LogP contribution in [0, 0.1) is 5.92 Å². The summed E-state index contributed by atoms with van der Waals surface area (Å²) in [6.45, 7) is 2.01. The summed E-state index contributed by atoms with van der Waals surface area (Å²) in [5.74, 6) is 0.775. The fourth-order valence-corrected chi connectivity index (χ4v) is 3.65. The van der Waals surface area contributed by atoms with E-state index in [0.717, 1.165) is 9.21 Å².